The van der Waals surface area contributed by atoms with Crippen molar-refractivity contribution >= 4 is 24.8 Å². The van der Waals surface area contributed by atoms with E-state index in [-0.39, 0.29) is 24.8 Å². The molecule has 1 saturated heterocycles. The molecular weight excluding hydrogens is 407 g/mol. The zero-order valence-corrected chi connectivity index (χ0v) is 19.1. The molecule has 2 aromatic carbocycles. The lowest BCUT2D eigenvalue weighted by molar-refractivity contribution is 0.259. The summed E-state index contributed by atoms with van der Waals surface area (Å²) in [5.41, 5.74) is 2.38. The molecule has 3 rings (SSSR count). The van der Waals surface area contributed by atoms with Gasteiger partial charge in [0.05, 0.1) is 6.61 Å². The number of nitrogens with zero attached hydrogens (tertiary/aromatic N) is 1. The molecule has 1 N–H and O–H groups in total. The van der Waals surface area contributed by atoms with E-state index >= 15 is 0 Å². The Kier molecular flexibility index (Phi) is 12.1. The number of nitrogens with one attached hydrogen (secondary N) is 1. The van der Waals surface area contributed by atoms with Crippen LogP contribution in [0.1, 0.15) is 37.8 Å². The Balaban J connectivity index is 0.00000210. The first kappa shape index (κ1) is 25.6. The topological polar surface area (TPSA) is 33.7 Å². The smallest absolute Gasteiger partial charge is 0.161 e. The molecule has 162 valence electrons. The number of halogens is 2. The molecule has 2 aromatic rings. The zero-order chi connectivity index (χ0) is 18.9. The number of hydrogen-bond acceptors (Lipinski definition) is 4. The van der Waals surface area contributed by atoms with E-state index < -0.39 is 0 Å². The number of benzene rings is 2. The summed E-state index contributed by atoms with van der Waals surface area (Å²) in [5.74, 6) is 1.63. The fourth-order valence-corrected chi connectivity index (χ4v) is 3.71. The van der Waals surface area contributed by atoms with Crippen molar-refractivity contribution in [2.45, 2.75) is 45.9 Å². The maximum atomic E-state index is 5.99. The van der Waals surface area contributed by atoms with Crippen molar-refractivity contribution in [1.82, 2.24) is 10.2 Å². The van der Waals surface area contributed by atoms with Crippen LogP contribution in [-0.4, -0.2) is 37.2 Å². The van der Waals surface area contributed by atoms with Gasteiger partial charge in [-0.15, -0.1) is 24.8 Å². The number of likely N-dealkylation sites (tertiary alicyclic amines) is 1. The Labute approximate surface area is 187 Å². The average Bonchev–Trinajstić information content (AvgIpc) is 3.16. The Morgan fingerprint density at radius 3 is 2.48 bits per heavy atom. The maximum Gasteiger partial charge on any atom is 0.161 e. The quantitative estimate of drug-likeness (QED) is 0.558. The van der Waals surface area contributed by atoms with Crippen molar-refractivity contribution in [1.29, 1.82) is 0 Å². The number of hydrogen-bond donors (Lipinski definition) is 1. The number of ether oxygens (including phenoxy) is 2. The highest BCUT2D eigenvalue weighted by molar-refractivity contribution is 5.85. The van der Waals surface area contributed by atoms with Crippen LogP contribution in [0.25, 0.3) is 0 Å². The highest BCUT2D eigenvalue weighted by Crippen LogP contribution is 2.29. The Morgan fingerprint density at radius 2 is 1.76 bits per heavy atom. The zero-order valence-electron chi connectivity index (χ0n) is 17.4. The van der Waals surface area contributed by atoms with E-state index in [0.29, 0.717) is 19.3 Å². The van der Waals surface area contributed by atoms with Crippen molar-refractivity contribution in [2.24, 2.45) is 0 Å². The summed E-state index contributed by atoms with van der Waals surface area (Å²) in [5, 5.41) is 3.62. The van der Waals surface area contributed by atoms with Gasteiger partial charge in [-0.2, -0.15) is 0 Å². The predicted molar refractivity (Wildman–Crippen MR) is 125 cm³/mol. The molecule has 1 aliphatic rings. The standard InChI is InChI=1S/C23H32N2O2.2ClH/c1-3-25-14-8-11-21(25)17-24-16-20-12-13-22(23(15-20)26-4-2)27-18-19-9-6-5-7-10-19;;/h5-7,9-10,12-13,15,21,24H,3-4,8,11,14,16-18H2,1-2H3;2*1H. The summed E-state index contributed by atoms with van der Waals surface area (Å²) < 4.78 is 11.8. The van der Waals surface area contributed by atoms with Crippen LogP contribution < -0.4 is 14.8 Å². The van der Waals surface area contributed by atoms with Gasteiger partial charge in [0.15, 0.2) is 11.5 Å². The Morgan fingerprint density at radius 1 is 0.966 bits per heavy atom. The molecule has 0 radical (unpaired) electrons. The van der Waals surface area contributed by atoms with Crippen LogP contribution in [0.15, 0.2) is 48.5 Å². The molecule has 1 aliphatic heterocycles. The third-order valence-electron chi connectivity index (χ3n) is 5.16. The van der Waals surface area contributed by atoms with Crippen molar-refractivity contribution in [3.63, 3.8) is 0 Å². The molecule has 0 aliphatic carbocycles. The molecule has 29 heavy (non-hydrogen) atoms. The lowest BCUT2D eigenvalue weighted by Gasteiger charge is -2.23. The van der Waals surface area contributed by atoms with Gasteiger partial charge in [-0.1, -0.05) is 43.3 Å². The van der Waals surface area contributed by atoms with Crippen LogP contribution in [0.2, 0.25) is 0 Å². The fourth-order valence-electron chi connectivity index (χ4n) is 3.71. The van der Waals surface area contributed by atoms with Gasteiger partial charge in [-0.25, -0.2) is 0 Å². The van der Waals surface area contributed by atoms with Gasteiger partial charge >= 0.3 is 0 Å². The van der Waals surface area contributed by atoms with E-state index in [1.807, 2.05) is 31.2 Å². The minimum absolute atomic E-state index is 0. The van der Waals surface area contributed by atoms with E-state index in [1.54, 1.807) is 0 Å². The average molecular weight is 441 g/mol. The normalized spacial score (nSPS) is 16.0. The van der Waals surface area contributed by atoms with Crippen molar-refractivity contribution < 1.29 is 9.47 Å². The Bertz CT molecular complexity index is 701. The van der Waals surface area contributed by atoms with Gasteiger partial charge in [-0.05, 0) is 56.1 Å². The Hall–Kier alpha value is -1.46. The molecule has 4 nitrogen and oxygen atoms in total. The summed E-state index contributed by atoms with van der Waals surface area (Å²) in [6.45, 7) is 9.72. The number of likely N-dealkylation sites (N-methyl/N-ethyl adjacent to an activating group) is 1. The van der Waals surface area contributed by atoms with Crippen LogP contribution in [0, 0.1) is 0 Å². The van der Waals surface area contributed by atoms with Gasteiger partial charge in [0, 0.05) is 19.1 Å². The third kappa shape index (κ3) is 7.71. The highest BCUT2D eigenvalue weighted by atomic mass is 35.5. The highest BCUT2D eigenvalue weighted by Gasteiger charge is 2.22. The monoisotopic (exact) mass is 440 g/mol. The largest absolute Gasteiger partial charge is 0.490 e. The van der Waals surface area contributed by atoms with E-state index in [0.717, 1.165) is 36.7 Å². The van der Waals surface area contributed by atoms with Gasteiger partial charge in [-0.3, -0.25) is 4.90 Å². The molecular formula is C23H34Cl2N2O2. The second-order valence-corrected chi connectivity index (χ2v) is 7.04. The molecule has 1 atom stereocenters. The molecule has 0 aromatic heterocycles. The molecule has 0 amide bonds. The maximum absolute atomic E-state index is 5.99. The van der Waals surface area contributed by atoms with Crippen molar-refractivity contribution in [3.8, 4) is 11.5 Å². The second kappa shape index (κ2) is 13.7. The lowest BCUT2D eigenvalue weighted by atomic mass is 10.1. The molecule has 0 spiro atoms. The van der Waals surface area contributed by atoms with Crippen LogP contribution in [0.5, 0.6) is 11.5 Å². The minimum Gasteiger partial charge on any atom is -0.490 e. The van der Waals surface area contributed by atoms with Gasteiger partial charge in [0.25, 0.3) is 0 Å². The summed E-state index contributed by atoms with van der Waals surface area (Å²) in [6, 6.07) is 17.1. The minimum atomic E-state index is 0. The van der Waals surface area contributed by atoms with Gasteiger partial charge in [0.1, 0.15) is 6.61 Å². The summed E-state index contributed by atoms with van der Waals surface area (Å²) in [4.78, 5) is 2.57. The lowest BCUT2D eigenvalue weighted by Crippen LogP contribution is -2.37. The van der Waals surface area contributed by atoms with Crippen molar-refractivity contribution in [3.05, 3.63) is 59.7 Å². The van der Waals surface area contributed by atoms with E-state index in [9.17, 15) is 0 Å². The van der Waals surface area contributed by atoms with Crippen LogP contribution in [-0.2, 0) is 13.2 Å². The van der Waals surface area contributed by atoms with Crippen molar-refractivity contribution in [2.75, 3.05) is 26.2 Å². The summed E-state index contributed by atoms with van der Waals surface area (Å²) >= 11 is 0. The predicted octanol–water partition coefficient (Wildman–Crippen LogP) is 5.08. The van der Waals surface area contributed by atoms with Crippen LogP contribution in [0.4, 0.5) is 0 Å². The molecule has 1 unspecified atom stereocenters. The summed E-state index contributed by atoms with van der Waals surface area (Å²) in [7, 11) is 0. The van der Waals surface area contributed by atoms with E-state index in [4.69, 9.17) is 9.47 Å². The van der Waals surface area contributed by atoms with Crippen LogP contribution >= 0.6 is 24.8 Å². The molecule has 0 saturated carbocycles. The summed E-state index contributed by atoms with van der Waals surface area (Å²) in [6.07, 6.45) is 2.62. The fraction of sp³-hybridized carbons (Fsp3) is 0.478. The van der Waals surface area contributed by atoms with Gasteiger partial charge in [0.2, 0.25) is 0 Å². The second-order valence-electron chi connectivity index (χ2n) is 7.04. The molecule has 1 fully saturated rings. The third-order valence-corrected chi connectivity index (χ3v) is 5.16. The first-order valence-corrected chi connectivity index (χ1v) is 10.2. The molecule has 6 heteroatoms. The first-order valence-electron chi connectivity index (χ1n) is 10.2. The van der Waals surface area contributed by atoms with E-state index in [1.165, 1.54) is 24.9 Å². The van der Waals surface area contributed by atoms with E-state index in [2.05, 4.69) is 41.4 Å². The first-order chi connectivity index (χ1) is 13.3. The molecule has 0 bridgehead atoms. The van der Waals surface area contributed by atoms with Crippen LogP contribution in [0.3, 0.4) is 0 Å². The molecule has 1 heterocycles. The number of rotatable bonds is 10. The SMILES string of the molecule is CCOc1cc(CNCC2CCCN2CC)ccc1OCc1ccccc1.Cl.Cl. The van der Waals surface area contributed by atoms with Gasteiger partial charge < -0.3 is 14.8 Å².